The van der Waals surface area contributed by atoms with Gasteiger partial charge in [-0.25, -0.2) is 13.2 Å². The Kier molecular flexibility index (Phi) is 8.93. The second-order valence-corrected chi connectivity index (χ2v) is 11.2. The van der Waals surface area contributed by atoms with E-state index in [-0.39, 0.29) is 30.0 Å². The number of carbonyl (C=O) groups excluding carboxylic acids is 1. The molecule has 0 aliphatic carbocycles. The van der Waals surface area contributed by atoms with E-state index in [1.54, 1.807) is 32.0 Å². The van der Waals surface area contributed by atoms with Gasteiger partial charge in [0.2, 0.25) is 10.0 Å². The summed E-state index contributed by atoms with van der Waals surface area (Å²) < 4.78 is 39.0. The van der Waals surface area contributed by atoms with Crippen LogP contribution < -0.4 is 5.32 Å². The topological polar surface area (TPSA) is 109 Å². The molecule has 0 saturated heterocycles. The number of alkyl carbamates (subject to hydrolysis) is 1. The SMILES string of the molecule is CC(C)CN(C[C@@H](O)[C@H](Cc1ccccc1)NC(=O)OC(C)C)S(=O)(=O)c1ccc2occc2c1. The highest BCUT2D eigenvalue weighted by atomic mass is 32.2. The predicted octanol–water partition coefficient (Wildman–Crippen LogP) is 4.19. The van der Waals surface area contributed by atoms with Crippen LogP contribution in [0.1, 0.15) is 33.3 Å². The Hall–Kier alpha value is -2.88. The van der Waals surface area contributed by atoms with Crippen molar-refractivity contribution in [1.82, 2.24) is 9.62 Å². The predicted molar refractivity (Wildman–Crippen MR) is 135 cm³/mol. The molecule has 0 saturated carbocycles. The number of amides is 1. The third-order valence-electron chi connectivity index (χ3n) is 5.43. The summed E-state index contributed by atoms with van der Waals surface area (Å²) in [6.07, 6.45) is -0.358. The molecule has 1 aromatic heterocycles. The van der Waals surface area contributed by atoms with Gasteiger partial charge in [0.1, 0.15) is 5.58 Å². The average molecular weight is 503 g/mol. The van der Waals surface area contributed by atoms with E-state index in [0.29, 0.717) is 17.4 Å². The van der Waals surface area contributed by atoms with Gasteiger partial charge in [0.05, 0.1) is 29.4 Å². The van der Waals surface area contributed by atoms with Crippen molar-refractivity contribution in [2.75, 3.05) is 13.1 Å². The molecule has 2 N–H and O–H groups in total. The Morgan fingerprint density at radius 3 is 2.43 bits per heavy atom. The van der Waals surface area contributed by atoms with Crippen LogP contribution in [0.25, 0.3) is 11.0 Å². The molecule has 0 aliphatic rings. The number of fused-ring (bicyclic) bond motifs is 1. The summed E-state index contributed by atoms with van der Waals surface area (Å²) in [6, 6.07) is 15.0. The maximum absolute atomic E-state index is 13.6. The molecule has 0 unspecified atom stereocenters. The Bertz CT molecular complexity index is 1210. The van der Waals surface area contributed by atoms with Crippen molar-refractivity contribution < 1.29 is 27.5 Å². The van der Waals surface area contributed by atoms with E-state index in [0.717, 1.165) is 5.56 Å². The average Bonchev–Trinajstić information content (AvgIpc) is 3.26. The quantitative estimate of drug-likeness (QED) is 0.407. The minimum absolute atomic E-state index is 0.0149. The van der Waals surface area contributed by atoms with Crippen LogP contribution in [0.2, 0.25) is 0 Å². The number of nitrogens with one attached hydrogen (secondary N) is 1. The van der Waals surface area contributed by atoms with Crippen molar-refractivity contribution in [3.8, 4) is 0 Å². The van der Waals surface area contributed by atoms with E-state index in [1.165, 1.54) is 16.6 Å². The smallest absolute Gasteiger partial charge is 0.407 e. The minimum Gasteiger partial charge on any atom is -0.464 e. The zero-order valence-electron chi connectivity index (χ0n) is 20.5. The maximum Gasteiger partial charge on any atom is 0.407 e. The highest BCUT2D eigenvalue weighted by Gasteiger charge is 2.32. The van der Waals surface area contributed by atoms with Crippen LogP contribution in [0.4, 0.5) is 4.79 Å². The molecule has 3 rings (SSSR count). The fourth-order valence-corrected chi connectivity index (χ4v) is 5.48. The van der Waals surface area contributed by atoms with Crippen molar-refractivity contribution in [1.29, 1.82) is 0 Å². The molecule has 2 atom stereocenters. The fourth-order valence-electron chi connectivity index (χ4n) is 3.82. The summed E-state index contributed by atoms with van der Waals surface area (Å²) in [4.78, 5) is 12.5. The van der Waals surface area contributed by atoms with Crippen LogP contribution in [0.15, 0.2) is 70.2 Å². The molecule has 3 aromatic rings. The Morgan fingerprint density at radius 1 is 1.06 bits per heavy atom. The first-order valence-electron chi connectivity index (χ1n) is 11.7. The van der Waals surface area contributed by atoms with E-state index in [9.17, 15) is 18.3 Å². The lowest BCUT2D eigenvalue weighted by atomic mass is 10.0. The van der Waals surface area contributed by atoms with Crippen molar-refractivity contribution >= 4 is 27.1 Å². The van der Waals surface area contributed by atoms with Gasteiger partial charge in [-0.2, -0.15) is 4.31 Å². The van der Waals surface area contributed by atoms with Gasteiger partial charge in [-0.3, -0.25) is 0 Å². The molecule has 0 spiro atoms. The van der Waals surface area contributed by atoms with Gasteiger partial charge >= 0.3 is 6.09 Å². The summed E-state index contributed by atoms with van der Waals surface area (Å²) in [5, 5.41) is 14.6. The molecule has 1 heterocycles. The monoisotopic (exact) mass is 502 g/mol. The minimum atomic E-state index is -3.93. The second-order valence-electron chi connectivity index (χ2n) is 9.30. The lowest BCUT2D eigenvalue weighted by molar-refractivity contribution is 0.0791. The number of aliphatic hydroxyl groups is 1. The molecule has 0 radical (unpaired) electrons. The largest absolute Gasteiger partial charge is 0.464 e. The highest BCUT2D eigenvalue weighted by molar-refractivity contribution is 7.89. The van der Waals surface area contributed by atoms with Gasteiger partial charge in [-0.05, 0) is 56.0 Å². The molecule has 2 aromatic carbocycles. The Labute approximate surface area is 206 Å². The number of nitrogens with zero attached hydrogens (tertiary/aromatic N) is 1. The highest BCUT2D eigenvalue weighted by Crippen LogP contribution is 2.24. The number of aliphatic hydroxyl groups excluding tert-OH is 1. The number of carbonyl (C=O) groups is 1. The van der Waals surface area contributed by atoms with Crippen LogP contribution in [-0.2, 0) is 21.2 Å². The van der Waals surface area contributed by atoms with E-state index in [1.807, 2.05) is 44.2 Å². The summed E-state index contributed by atoms with van der Waals surface area (Å²) >= 11 is 0. The molecular formula is C26H34N2O6S. The fraction of sp³-hybridized carbons (Fsp3) is 0.423. The van der Waals surface area contributed by atoms with E-state index >= 15 is 0 Å². The van der Waals surface area contributed by atoms with Gasteiger partial charge in [0, 0.05) is 18.5 Å². The third-order valence-corrected chi connectivity index (χ3v) is 7.26. The van der Waals surface area contributed by atoms with Crippen LogP contribution in [0.3, 0.4) is 0 Å². The molecule has 8 nitrogen and oxygen atoms in total. The van der Waals surface area contributed by atoms with Gasteiger partial charge in [0.25, 0.3) is 0 Å². The molecule has 1 amide bonds. The third kappa shape index (κ3) is 7.30. The number of hydrogen-bond acceptors (Lipinski definition) is 6. The summed E-state index contributed by atoms with van der Waals surface area (Å²) in [7, 11) is -3.93. The molecule has 190 valence electrons. The molecular weight excluding hydrogens is 468 g/mol. The molecule has 9 heteroatoms. The maximum atomic E-state index is 13.6. The van der Waals surface area contributed by atoms with E-state index in [4.69, 9.17) is 9.15 Å². The zero-order valence-corrected chi connectivity index (χ0v) is 21.4. The van der Waals surface area contributed by atoms with Gasteiger partial charge in [-0.15, -0.1) is 0 Å². The summed E-state index contributed by atoms with van der Waals surface area (Å²) in [6.45, 7) is 7.30. The Morgan fingerprint density at radius 2 is 1.77 bits per heavy atom. The molecule has 0 fully saturated rings. The number of benzene rings is 2. The van der Waals surface area contributed by atoms with Gasteiger partial charge in [-0.1, -0.05) is 44.2 Å². The van der Waals surface area contributed by atoms with Crippen molar-refractivity contribution in [3.63, 3.8) is 0 Å². The first-order chi connectivity index (χ1) is 16.6. The van der Waals surface area contributed by atoms with Crippen molar-refractivity contribution in [2.24, 2.45) is 5.92 Å². The normalized spacial score (nSPS) is 13.9. The lowest BCUT2D eigenvalue weighted by Crippen LogP contribution is -2.51. The Balaban J connectivity index is 1.87. The summed E-state index contributed by atoms with van der Waals surface area (Å²) in [5.41, 5.74) is 1.49. The number of sulfonamides is 1. The van der Waals surface area contributed by atoms with E-state index in [2.05, 4.69) is 5.32 Å². The van der Waals surface area contributed by atoms with Crippen LogP contribution in [-0.4, -0.2) is 55.3 Å². The van der Waals surface area contributed by atoms with Crippen molar-refractivity contribution in [3.05, 3.63) is 66.4 Å². The first-order valence-corrected chi connectivity index (χ1v) is 13.2. The van der Waals surface area contributed by atoms with Gasteiger partial charge < -0.3 is 19.6 Å². The number of rotatable bonds is 11. The van der Waals surface area contributed by atoms with E-state index < -0.39 is 28.3 Å². The van der Waals surface area contributed by atoms with Gasteiger partial charge in [0.15, 0.2) is 0 Å². The van der Waals surface area contributed by atoms with Crippen molar-refractivity contribution in [2.45, 2.75) is 57.3 Å². The molecule has 0 aliphatic heterocycles. The van der Waals surface area contributed by atoms with Crippen LogP contribution in [0.5, 0.6) is 0 Å². The first kappa shape index (κ1) is 26.7. The van der Waals surface area contributed by atoms with Crippen LogP contribution in [0, 0.1) is 5.92 Å². The molecule has 0 bridgehead atoms. The number of hydrogen-bond donors (Lipinski definition) is 2. The lowest BCUT2D eigenvalue weighted by Gasteiger charge is -2.30. The van der Waals surface area contributed by atoms with Crippen LogP contribution >= 0.6 is 0 Å². The second kappa shape index (κ2) is 11.7. The number of ether oxygens (including phenoxy) is 1. The summed E-state index contributed by atoms with van der Waals surface area (Å²) in [5.74, 6) is 0.0149. The molecule has 35 heavy (non-hydrogen) atoms. The standard InChI is InChI=1S/C26H34N2O6S/c1-18(2)16-28(35(31,32)22-10-11-25-21(15-22)12-13-33-25)17-24(29)23(27-26(30)34-19(3)4)14-20-8-6-5-7-9-20/h5-13,15,18-19,23-24,29H,14,16-17H2,1-4H3,(H,27,30)/t23-,24+/m0/s1. The zero-order chi connectivity index (χ0) is 25.6. The number of furan rings is 1.